The Morgan fingerprint density at radius 2 is 1.38 bits per heavy atom. The van der Waals surface area contributed by atoms with E-state index in [1.165, 1.54) is 35.0 Å². The largest absolute Gasteiger partial charge is 0.416 e. The number of aryl methyl sites for hydroxylation is 1. The molecule has 4 aromatic carbocycles. The Balaban J connectivity index is 1.35. The van der Waals surface area contributed by atoms with Crippen LogP contribution in [0.15, 0.2) is 103 Å². The Hall–Kier alpha value is -5.45. The molecule has 0 spiro atoms. The number of amides is 3. The van der Waals surface area contributed by atoms with Crippen molar-refractivity contribution in [2.45, 2.75) is 13.1 Å². The maximum atomic E-state index is 13.5. The van der Waals surface area contributed by atoms with Crippen LogP contribution in [0.4, 0.5) is 39.4 Å². The molecule has 0 saturated carbocycles. The lowest BCUT2D eigenvalue weighted by Crippen LogP contribution is -2.20. The predicted octanol–water partition coefficient (Wildman–Crippen LogP) is 7.90. The molecular weight excluding hydrogens is 550 g/mol. The molecule has 42 heavy (non-hydrogen) atoms. The topological polar surface area (TPSA) is 88.1 Å². The number of anilines is 3. The first kappa shape index (κ1) is 28.1. The van der Waals surface area contributed by atoms with Crippen LogP contribution in [0, 0.1) is 12.7 Å². The second-order valence-corrected chi connectivity index (χ2v) is 9.37. The van der Waals surface area contributed by atoms with Crippen molar-refractivity contribution in [1.29, 1.82) is 0 Å². The van der Waals surface area contributed by atoms with E-state index < -0.39 is 29.5 Å². The van der Waals surface area contributed by atoms with Crippen molar-refractivity contribution in [2.75, 3.05) is 16.0 Å². The summed E-state index contributed by atoms with van der Waals surface area (Å²) >= 11 is 0. The molecule has 0 unspecified atom stereocenters. The van der Waals surface area contributed by atoms with Crippen molar-refractivity contribution in [1.82, 2.24) is 9.78 Å². The van der Waals surface area contributed by atoms with Gasteiger partial charge in [0.05, 0.1) is 16.8 Å². The average molecular weight is 574 g/mol. The fourth-order valence-electron chi connectivity index (χ4n) is 4.21. The third-order valence-electron chi connectivity index (χ3n) is 6.17. The summed E-state index contributed by atoms with van der Waals surface area (Å²) in [6.45, 7) is 1.92. The van der Waals surface area contributed by atoms with E-state index in [0.29, 0.717) is 22.6 Å². The molecule has 0 saturated heterocycles. The summed E-state index contributed by atoms with van der Waals surface area (Å²) in [6.07, 6.45) is -3.00. The molecule has 7 nitrogen and oxygen atoms in total. The van der Waals surface area contributed by atoms with E-state index in [1.807, 2.05) is 31.2 Å². The molecule has 0 fully saturated rings. The number of hydrogen-bond acceptors (Lipinski definition) is 3. The normalized spacial score (nSPS) is 11.2. The van der Waals surface area contributed by atoms with Crippen LogP contribution in [-0.4, -0.2) is 21.7 Å². The van der Waals surface area contributed by atoms with Crippen LogP contribution >= 0.6 is 0 Å². The molecule has 5 rings (SSSR count). The highest BCUT2D eigenvalue weighted by Crippen LogP contribution is 2.31. The highest BCUT2D eigenvalue weighted by molar-refractivity contribution is 6.08. The first-order chi connectivity index (χ1) is 20.0. The molecule has 3 N–H and O–H groups in total. The standard InChI is InChI=1S/C31H23F4N5O2/c1-19-5-2-6-20(15-19)28-27(18-40(39-28)26-13-11-22(32)12-14-26)29(41)36-24-9-4-10-25(17-24)38-30(42)37-23-8-3-7-21(16-23)31(33,34)35/h2-18H,1H3,(H,36,41)(H2,37,38,42). The Morgan fingerprint density at radius 3 is 2.05 bits per heavy atom. The molecule has 0 aliphatic carbocycles. The van der Waals surface area contributed by atoms with Crippen molar-refractivity contribution in [3.05, 3.63) is 126 Å². The molecule has 5 aromatic rings. The maximum Gasteiger partial charge on any atom is 0.416 e. The molecule has 0 atom stereocenters. The second-order valence-electron chi connectivity index (χ2n) is 9.37. The van der Waals surface area contributed by atoms with Gasteiger partial charge in [0.2, 0.25) is 0 Å². The van der Waals surface area contributed by atoms with Crippen LogP contribution in [0.2, 0.25) is 0 Å². The van der Waals surface area contributed by atoms with E-state index in [9.17, 15) is 27.2 Å². The van der Waals surface area contributed by atoms with Crippen molar-refractivity contribution < 1.29 is 27.2 Å². The third kappa shape index (κ3) is 6.64. The van der Waals surface area contributed by atoms with Crippen LogP contribution < -0.4 is 16.0 Å². The Bertz CT molecular complexity index is 1760. The number of nitrogens with one attached hydrogen (secondary N) is 3. The quantitative estimate of drug-likeness (QED) is 0.181. The number of aromatic nitrogens is 2. The zero-order chi connectivity index (χ0) is 29.9. The number of rotatable bonds is 6. The number of benzene rings is 4. The van der Waals surface area contributed by atoms with Gasteiger partial charge in [-0.1, -0.05) is 35.9 Å². The van der Waals surface area contributed by atoms with Crippen molar-refractivity contribution >= 4 is 29.0 Å². The first-order valence-electron chi connectivity index (χ1n) is 12.6. The van der Waals surface area contributed by atoms with Gasteiger partial charge in [0.1, 0.15) is 11.5 Å². The molecule has 212 valence electrons. The Kier molecular flexibility index (Phi) is 7.74. The molecule has 0 aliphatic rings. The number of hydrogen-bond donors (Lipinski definition) is 3. The lowest BCUT2D eigenvalue weighted by Gasteiger charge is -2.12. The van der Waals surface area contributed by atoms with Gasteiger partial charge in [-0.25, -0.2) is 13.9 Å². The number of carbonyl (C=O) groups is 2. The number of urea groups is 1. The molecule has 3 amide bonds. The summed E-state index contributed by atoms with van der Waals surface area (Å²) in [5.74, 6) is -0.884. The average Bonchev–Trinajstić information content (AvgIpc) is 3.39. The van der Waals surface area contributed by atoms with Crippen LogP contribution in [0.5, 0.6) is 0 Å². The Labute approximate surface area is 237 Å². The van der Waals surface area contributed by atoms with Crippen molar-refractivity contribution in [3.63, 3.8) is 0 Å². The molecule has 0 bridgehead atoms. The molecule has 1 aromatic heterocycles. The SMILES string of the molecule is Cc1cccc(-c2nn(-c3ccc(F)cc3)cc2C(=O)Nc2cccc(NC(=O)Nc3cccc(C(F)(F)F)c3)c2)c1. The lowest BCUT2D eigenvalue weighted by molar-refractivity contribution is -0.137. The van der Waals surface area contributed by atoms with Crippen LogP contribution in [0.1, 0.15) is 21.5 Å². The zero-order valence-corrected chi connectivity index (χ0v) is 22.0. The van der Waals surface area contributed by atoms with Gasteiger partial charge in [-0.05, 0) is 73.7 Å². The maximum absolute atomic E-state index is 13.5. The van der Waals surface area contributed by atoms with Crippen LogP contribution in [0.25, 0.3) is 16.9 Å². The number of alkyl halides is 3. The van der Waals surface area contributed by atoms with E-state index in [4.69, 9.17) is 0 Å². The highest BCUT2D eigenvalue weighted by Gasteiger charge is 2.30. The monoisotopic (exact) mass is 573 g/mol. The van der Waals surface area contributed by atoms with Gasteiger partial charge in [0.25, 0.3) is 5.91 Å². The van der Waals surface area contributed by atoms with E-state index >= 15 is 0 Å². The molecule has 1 heterocycles. The van der Waals surface area contributed by atoms with E-state index in [-0.39, 0.29) is 16.9 Å². The summed E-state index contributed by atoms with van der Waals surface area (Å²) in [5.41, 5.74) is 2.62. The number of carbonyl (C=O) groups excluding carboxylic acids is 2. The molecular formula is C31H23F4N5O2. The van der Waals surface area contributed by atoms with Crippen LogP contribution in [-0.2, 0) is 6.18 Å². The summed E-state index contributed by atoms with van der Waals surface area (Å²) in [6, 6.07) is 22.9. The van der Waals surface area contributed by atoms with Gasteiger partial charge >= 0.3 is 12.2 Å². The Morgan fingerprint density at radius 1 is 0.762 bits per heavy atom. The molecule has 0 radical (unpaired) electrons. The third-order valence-corrected chi connectivity index (χ3v) is 6.17. The molecule has 0 aliphatic heterocycles. The highest BCUT2D eigenvalue weighted by atomic mass is 19.4. The predicted molar refractivity (Wildman–Crippen MR) is 152 cm³/mol. The first-order valence-corrected chi connectivity index (χ1v) is 12.6. The van der Waals surface area contributed by atoms with Gasteiger partial charge in [-0.3, -0.25) is 4.79 Å². The summed E-state index contributed by atoms with van der Waals surface area (Å²) in [4.78, 5) is 25.9. The fraction of sp³-hybridized carbons (Fsp3) is 0.0645. The summed E-state index contributed by atoms with van der Waals surface area (Å²) < 4.78 is 53.9. The van der Waals surface area contributed by atoms with Crippen LogP contribution in [0.3, 0.4) is 0 Å². The van der Waals surface area contributed by atoms with Crippen molar-refractivity contribution in [3.8, 4) is 16.9 Å². The molecule has 11 heteroatoms. The minimum Gasteiger partial charge on any atom is -0.322 e. The smallest absolute Gasteiger partial charge is 0.322 e. The minimum atomic E-state index is -4.55. The fourth-order valence-corrected chi connectivity index (χ4v) is 4.21. The van der Waals surface area contributed by atoms with Gasteiger partial charge in [-0.2, -0.15) is 18.3 Å². The minimum absolute atomic E-state index is 0.0337. The van der Waals surface area contributed by atoms with Gasteiger partial charge < -0.3 is 16.0 Å². The summed E-state index contributed by atoms with van der Waals surface area (Å²) in [7, 11) is 0. The second kappa shape index (κ2) is 11.6. The number of halogens is 4. The lowest BCUT2D eigenvalue weighted by atomic mass is 10.1. The van der Waals surface area contributed by atoms with Crippen molar-refractivity contribution in [2.24, 2.45) is 0 Å². The van der Waals surface area contributed by atoms with Gasteiger partial charge in [-0.15, -0.1) is 0 Å². The summed E-state index contributed by atoms with van der Waals surface area (Å²) in [5, 5.41) is 12.3. The zero-order valence-electron chi connectivity index (χ0n) is 22.0. The number of nitrogens with zero attached hydrogens (tertiary/aromatic N) is 2. The van der Waals surface area contributed by atoms with E-state index in [1.54, 1.807) is 36.5 Å². The van der Waals surface area contributed by atoms with Gasteiger partial charge in [0, 0.05) is 28.8 Å². The van der Waals surface area contributed by atoms with Gasteiger partial charge in [0.15, 0.2) is 0 Å². The van der Waals surface area contributed by atoms with E-state index in [2.05, 4.69) is 21.0 Å². The van der Waals surface area contributed by atoms with E-state index in [0.717, 1.165) is 17.7 Å².